The second-order valence-corrected chi connectivity index (χ2v) is 7.47. The minimum absolute atomic E-state index is 0.129. The lowest BCUT2D eigenvalue weighted by Gasteiger charge is -2.20. The molecular weight excluding hydrogens is 400 g/mol. The van der Waals surface area contributed by atoms with Crippen molar-refractivity contribution in [2.24, 2.45) is 0 Å². The summed E-state index contributed by atoms with van der Waals surface area (Å²) in [5.41, 5.74) is 0.222. The Hall–Kier alpha value is -3.30. The van der Waals surface area contributed by atoms with Gasteiger partial charge in [0.1, 0.15) is 24.1 Å². The minimum atomic E-state index is -0.492. The molecule has 2 saturated heterocycles. The number of fused-ring (bicyclic) bond motifs is 2. The number of carbonyl (C=O) groups excluding carboxylic acids is 1. The number of benzene rings is 1. The van der Waals surface area contributed by atoms with Crippen molar-refractivity contribution in [3.63, 3.8) is 0 Å². The van der Waals surface area contributed by atoms with E-state index >= 15 is 0 Å². The molecule has 0 bridgehead atoms. The number of carbonyl (C=O) groups is 1. The number of aromatic nitrogens is 3. The van der Waals surface area contributed by atoms with E-state index in [1.807, 2.05) is 35.4 Å². The number of rotatable bonds is 4. The molecule has 0 amide bonds. The molecule has 0 N–H and O–H groups in total. The lowest BCUT2D eigenvalue weighted by Crippen LogP contribution is -2.30. The first-order valence-corrected chi connectivity index (χ1v) is 10.1. The van der Waals surface area contributed by atoms with E-state index in [1.54, 1.807) is 12.4 Å². The molecule has 4 heterocycles. The summed E-state index contributed by atoms with van der Waals surface area (Å²) in [6.07, 6.45) is 4.65. The largest absolute Gasteiger partial charge is 0.485 e. The number of anilines is 1. The predicted octanol–water partition coefficient (Wildman–Crippen LogP) is 1.86. The van der Waals surface area contributed by atoms with E-state index in [9.17, 15) is 4.79 Å². The van der Waals surface area contributed by atoms with Crippen LogP contribution in [-0.4, -0.2) is 72.6 Å². The van der Waals surface area contributed by atoms with Crippen molar-refractivity contribution >= 4 is 22.7 Å². The lowest BCUT2D eigenvalue weighted by molar-refractivity contribution is -0.00461. The van der Waals surface area contributed by atoms with E-state index in [0.717, 1.165) is 16.5 Å². The summed E-state index contributed by atoms with van der Waals surface area (Å²) in [7, 11) is 1.33. The molecule has 2 aliphatic rings. The number of hydrogen-bond donors (Lipinski definition) is 0. The Morgan fingerprint density at radius 2 is 1.90 bits per heavy atom. The quantitative estimate of drug-likeness (QED) is 0.584. The van der Waals surface area contributed by atoms with Gasteiger partial charge in [-0.1, -0.05) is 12.1 Å². The van der Waals surface area contributed by atoms with E-state index in [4.69, 9.17) is 18.9 Å². The lowest BCUT2D eigenvalue weighted by atomic mass is 10.1. The van der Waals surface area contributed by atoms with Gasteiger partial charge in [0.05, 0.1) is 20.3 Å². The summed E-state index contributed by atoms with van der Waals surface area (Å²) in [4.78, 5) is 26.5. The van der Waals surface area contributed by atoms with Gasteiger partial charge in [0.15, 0.2) is 5.69 Å². The number of hydrogen-bond acceptors (Lipinski definition) is 9. The Labute approximate surface area is 178 Å². The number of ether oxygens (including phenoxy) is 4. The maximum atomic E-state index is 11.7. The molecule has 2 aliphatic heterocycles. The molecule has 0 spiro atoms. The molecule has 0 aliphatic carbocycles. The molecule has 9 nitrogen and oxygen atoms in total. The average molecular weight is 422 g/mol. The van der Waals surface area contributed by atoms with Gasteiger partial charge < -0.3 is 23.8 Å². The van der Waals surface area contributed by atoms with Gasteiger partial charge in [0.2, 0.25) is 5.95 Å². The van der Waals surface area contributed by atoms with Crippen LogP contribution in [0.15, 0.2) is 48.9 Å². The zero-order valence-corrected chi connectivity index (χ0v) is 17.0. The summed E-state index contributed by atoms with van der Waals surface area (Å²) in [5, 5.41) is 2.04. The summed E-state index contributed by atoms with van der Waals surface area (Å²) < 4.78 is 23.2. The Bertz CT molecular complexity index is 1070. The first-order valence-electron chi connectivity index (χ1n) is 10.1. The van der Waals surface area contributed by atoms with Gasteiger partial charge in [-0.2, -0.15) is 0 Å². The summed E-state index contributed by atoms with van der Waals surface area (Å²) >= 11 is 0. The molecular formula is C22H22N4O5. The molecule has 0 unspecified atom stereocenters. The molecule has 9 heteroatoms. The van der Waals surface area contributed by atoms with Gasteiger partial charge in [0.25, 0.3) is 0 Å². The molecule has 1 aromatic carbocycles. The van der Waals surface area contributed by atoms with Gasteiger partial charge in [-0.3, -0.25) is 4.98 Å². The normalized spacial score (nSPS) is 21.5. The van der Waals surface area contributed by atoms with Crippen molar-refractivity contribution in [1.29, 1.82) is 0 Å². The second-order valence-electron chi connectivity index (χ2n) is 7.47. The molecule has 160 valence electrons. The van der Waals surface area contributed by atoms with Gasteiger partial charge in [0, 0.05) is 42.5 Å². The van der Waals surface area contributed by atoms with E-state index < -0.39 is 5.97 Å². The molecule has 2 fully saturated rings. The molecule has 2 atom stereocenters. The van der Waals surface area contributed by atoms with Crippen molar-refractivity contribution in [1.82, 2.24) is 15.0 Å². The fourth-order valence-electron chi connectivity index (χ4n) is 3.90. The van der Waals surface area contributed by atoms with Crippen molar-refractivity contribution in [3.8, 4) is 5.75 Å². The summed E-state index contributed by atoms with van der Waals surface area (Å²) in [6, 6.07) is 9.37. The molecule has 0 saturated carbocycles. The third-order valence-corrected chi connectivity index (χ3v) is 5.46. The van der Waals surface area contributed by atoms with Gasteiger partial charge in [-0.05, 0) is 18.2 Å². The molecule has 0 radical (unpaired) electrons. The fraction of sp³-hybridized carbons (Fsp3) is 0.364. The first kappa shape index (κ1) is 19.7. The molecule has 5 rings (SSSR count). The molecule has 3 aromatic rings. The monoisotopic (exact) mass is 422 g/mol. The van der Waals surface area contributed by atoms with E-state index in [0.29, 0.717) is 32.3 Å². The standard InChI is InChI=1S/C22H22N4O5/c1-28-21(27)17-6-8-24-22(25-17)26-10-19-20(11-26)30-13-15(12-29-19)31-18-4-2-3-14-9-23-7-5-16(14)18/h2-9,15,19-20H,10-13H2,1H3/t19-,20-/m0/s1. The van der Waals surface area contributed by atoms with Crippen LogP contribution in [0.1, 0.15) is 10.5 Å². The van der Waals surface area contributed by atoms with E-state index in [1.165, 1.54) is 13.2 Å². The number of pyridine rings is 1. The van der Waals surface area contributed by atoms with Gasteiger partial charge in [-0.25, -0.2) is 14.8 Å². The maximum Gasteiger partial charge on any atom is 0.356 e. The van der Waals surface area contributed by atoms with Crippen LogP contribution >= 0.6 is 0 Å². The summed E-state index contributed by atoms with van der Waals surface area (Å²) in [5.74, 6) is 0.757. The molecule has 31 heavy (non-hydrogen) atoms. The highest BCUT2D eigenvalue weighted by Gasteiger charge is 2.39. The average Bonchev–Trinajstić information content (AvgIpc) is 3.14. The van der Waals surface area contributed by atoms with Gasteiger partial charge in [-0.15, -0.1) is 0 Å². The minimum Gasteiger partial charge on any atom is -0.485 e. The van der Waals surface area contributed by atoms with Crippen molar-refractivity contribution < 1.29 is 23.7 Å². The van der Waals surface area contributed by atoms with Crippen LogP contribution in [0, 0.1) is 0 Å². The van der Waals surface area contributed by atoms with Crippen molar-refractivity contribution in [3.05, 3.63) is 54.6 Å². The number of nitrogens with zero attached hydrogens (tertiary/aromatic N) is 4. The Balaban J connectivity index is 1.24. The topological polar surface area (TPSA) is 95.9 Å². The zero-order valence-electron chi connectivity index (χ0n) is 17.0. The van der Waals surface area contributed by atoms with Crippen LogP contribution in [-0.2, 0) is 14.2 Å². The SMILES string of the molecule is COC(=O)c1ccnc(N2C[C@@H]3OCC(Oc4cccc5cnccc45)CO[C@H]3C2)n1. The van der Waals surface area contributed by atoms with Crippen LogP contribution in [0.25, 0.3) is 10.8 Å². The van der Waals surface area contributed by atoms with E-state index in [-0.39, 0.29) is 24.0 Å². The van der Waals surface area contributed by atoms with Crippen molar-refractivity contribution in [2.45, 2.75) is 18.3 Å². The van der Waals surface area contributed by atoms with Gasteiger partial charge >= 0.3 is 5.97 Å². The maximum absolute atomic E-state index is 11.7. The number of methoxy groups -OCH3 is 1. The smallest absolute Gasteiger partial charge is 0.356 e. The highest BCUT2D eigenvalue weighted by molar-refractivity contribution is 5.87. The first-order chi connectivity index (χ1) is 15.2. The van der Waals surface area contributed by atoms with Crippen LogP contribution < -0.4 is 9.64 Å². The van der Waals surface area contributed by atoms with Crippen LogP contribution in [0.4, 0.5) is 5.95 Å². The summed E-state index contributed by atoms with van der Waals surface area (Å²) in [6.45, 7) is 1.98. The fourth-order valence-corrected chi connectivity index (χ4v) is 3.90. The highest BCUT2D eigenvalue weighted by Crippen LogP contribution is 2.28. The Kier molecular flexibility index (Phi) is 5.35. The third-order valence-electron chi connectivity index (χ3n) is 5.46. The Morgan fingerprint density at radius 1 is 1.10 bits per heavy atom. The number of esters is 1. The van der Waals surface area contributed by atoms with Crippen LogP contribution in [0.3, 0.4) is 0 Å². The zero-order chi connectivity index (χ0) is 21.2. The van der Waals surface area contributed by atoms with Crippen LogP contribution in [0.5, 0.6) is 5.75 Å². The van der Waals surface area contributed by atoms with Crippen LogP contribution in [0.2, 0.25) is 0 Å². The predicted molar refractivity (Wildman–Crippen MR) is 111 cm³/mol. The van der Waals surface area contributed by atoms with E-state index in [2.05, 4.69) is 15.0 Å². The Morgan fingerprint density at radius 3 is 2.68 bits per heavy atom. The third kappa shape index (κ3) is 4.01. The second kappa shape index (κ2) is 8.44. The highest BCUT2D eigenvalue weighted by atomic mass is 16.6. The van der Waals surface area contributed by atoms with Crippen molar-refractivity contribution in [2.75, 3.05) is 38.3 Å². The molecule has 2 aromatic heterocycles.